The van der Waals surface area contributed by atoms with Crippen LogP contribution in [0.25, 0.3) is 0 Å². The van der Waals surface area contributed by atoms with E-state index in [0.29, 0.717) is 6.04 Å². The van der Waals surface area contributed by atoms with Crippen LogP contribution in [0.2, 0.25) is 0 Å². The topological polar surface area (TPSA) is 32.3 Å². The number of carbonyl (C=O) groups excluding carboxylic acids is 1. The number of hydrogen-bond acceptors (Lipinski definition) is 2. The van der Waals surface area contributed by atoms with Crippen molar-refractivity contribution in [2.75, 3.05) is 18.9 Å². The van der Waals surface area contributed by atoms with Gasteiger partial charge in [0.1, 0.15) is 0 Å². The van der Waals surface area contributed by atoms with E-state index in [-0.39, 0.29) is 11.8 Å². The Hall–Kier alpha value is -1.35. The molecule has 1 unspecified atom stereocenters. The fraction of sp³-hybridized carbons (Fsp3) is 0.611. The van der Waals surface area contributed by atoms with Crippen molar-refractivity contribution >= 4 is 11.6 Å². The van der Waals surface area contributed by atoms with Gasteiger partial charge in [-0.1, -0.05) is 38.5 Å². The van der Waals surface area contributed by atoms with Gasteiger partial charge in [0.2, 0.25) is 5.91 Å². The number of piperidine rings is 1. The van der Waals surface area contributed by atoms with E-state index in [1.165, 1.54) is 37.8 Å². The lowest BCUT2D eigenvalue weighted by molar-refractivity contribution is -0.118. The molecule has 0 aromatic heterocycles. The molecule has 0 bridgehead atoms. The maximum absolute atomic E-state index is 11.9. The molecule has 1 aliphatic heterocycles. The highest BCUT2D eigenvalue weighted by Gasteiger charge is 2.19. The Morgan fingerprint density at radius 2 is 2.10 bits per heavy atom. The van der Waals surface area contributed by atoms with Crippen molar-refractivity contribution in [3.63, 3.8) is 0 Å². The summed E-state index contributed by atoms with van der Waals surface area (Å²) in [5.74, 6) is 0.111. The zero-order chi connectivity index (χ0) is 15.2. The Balaban J connectivity index is 1.97. The van der Waals surface area contributed by atoms with Crippen molar-refractivity contribution in [3.05, 3.63) is 29.8 Å². The Kier molecular flexibility index (Phi) is 5.80. The molecule has 0 saturated carbocycles. The fourth-order valence-electron chi connectivity index (χ4n) is 2.97. The second-order valence-corrected chi connectivity index (χ2v) is 6.47. The highest BCUT2D eigenvalue weighted by Crippen LogP contribution is 2.23. The van der Waals surface area contributed by atoms with Gasteiger partial charge in [-0.15, -0.1) is 0 Å². The molecular formula is C18H28N2O. The van der Waals surface area contributed by atoms with Crippen molar-refractivity contribution in [1.29, 1.82) is 0 Å². The van der Waals surface area contributed by atoms with E-state index < -0.39 is 0 Å². The number of rotatable bonds is 5. The maximum Gasteiger partial charge on any atom is 0.226 e. The van der Waals surface area contributed by atoms with Gasteiger partial charge in [-0.3, -0.25) is 4.79 Å². The lowest BCUT2D eigenvalue weighted by Gasteiger charge is -2.32. The van der Waals surface area contributed by atoms with E-state index >= 15 is 0 Å². The molecule has 0 aliphatic carbocycles. The SMILES string of the molecule is CC(C)C(=O)Nc1ccccc1CCC1CCCCN1C. The second-order valence-electron chi connectivity index (χ2n) is 6.47. The predicted molar refractivity (Wildman–Crippen MR) is 88.5 cm³/mol. The molecule has 21 heavy (non-hydrogen) atoms. The first-order chi connectivity index (χ1) is 10.1. The monoisotopic (exact) mass is 288 g/mol. The zero-order valence-electron chi connectivity index (χ0n) is 13.6. The molecular weight excluding hydrogens is 260 g/mol. The molecule has 2 rings (SSSR count). The van der Waals surface area contributed by atoms with Crippen molar-refractivity contribution in [2.45, 2.75) is 52.0 Å². The van der Waals surface area contributed by atoms with Gasteiger partial charge in [-0.2, -0.15) is 0 Å². The van der Waals surface area contributed by atoms with Crippen molar-refractivity contribution in [2.24, 2.45) is 5.92 Å². The molecule has 0 spiro atoms. The fourth-order valence-corrected chi connectivity index (χ4v) is 2.97. The minimum Gasteiger partial charge on any atom is -0.326 e. The minimum absolute atomic E-state index is 0.0162. The number of carbonyl (C=O) groups is 1. The third-order valence-corrected chi connectivity index (χ3v) is 4.47. The minimum atomic E-state index is 0.0162. The lowest BCUT2D eigenvalue weighted by Crippen LogP contribution is -2.36. The maximum atomic E-state index is 11.9. The number of nitrogens with one attached hydrogen (secondary N) is 1. The number of hydrogen-bond donors (Lipinski definition) is 1. The second kappa shape index (κ2) is 7.60. The van der Waals surface area contributed by atoms with Gasteiger partial charge in [0.25, 0.3) is 0 Å². The van der Waals surface area contributed by atoms with Crippen LogP contribution in [-0.4, -0.2) is 30.4 Å². The lowest BCUT2D eigenvalue weighted by atomic mass is 9.96. The Bertz CT molecular complexity index is 470. The molecule has 1 atom stereocenters. The summed E-state index contributed by atoms with van der Waals surface area (Å²) >= 11 is 0. The molecule has 1 saturated heterocycles. The molecule has 116 valence electrons. The average molecular weight is 288 g/mol. The summed E-state index contributed by atoms with van der Waals surface area (Å²) in [7, 11) is 2.23. The van der Waals surface area contributed by atoms with Crippen LogP contribution in [-0.2, 0) is 11.2 Å². The summed E-state index contributed by atoms with van der Waals surface area (Å²) in [6.45, 7) is 5.07. The van der Waals surface area contributed by atoms with E-state index in [9.17, 15) is 4.79 Å². The number of likely N-dealkylation sites (tertiary alicyclic amines) is 1. The van der Waals surface area contributed by atoms with Crippen LogP contribution in [0.3, 0.4) is 0 Å². The van der Waals surface area contributed by atoms with Crippen molar-refractivity contribution in [3.8, 4) is 0 Å². The van der Waals surface area contributed by atoms with Gasteiger partial charge in [0, 0.05) is 17.6 Å². The first kappa shape index (κ1) is 16.0. The molecule has 1 aromatic carbocycles. The van der Waals surface area contributed by atoms with Gasteiger partial charge >= 0.3 is 0 Å². The summed E-state index contributed by atoms with van der Waals surface area (Å²) in [5.41, 5.74) is 2.24. The van der Waals surface area contributed by atoms with Crippen LogP contribution in [0.1, 0.15) is 45.1 Å². The van der Waals surface area contributed by atoms with Crippen molar-refractivity contribution < 1.29 is 4.79 Å². The normalized spacial score (nSPS) is 19.7. The van der Waals surface area contributed by atoms with E-state index in [4.69, 9.17) is 0 Å². The number of amides is 1. The molecule has 1 aliphatic rings. The molecule has 0 radical (unpaired) electrons. The molecule has 3 nitrogen and oxygen atoms in total. The van der Waals surface area contributed by atoms with Crippen LogP contribution in [0.5, 0.6) is 0 Å². The Morgan fingerprint density at radius 1 is 1.33 bits per heavy atom. The van der Waals surface area contributed by atoms with Crippen LogP contribution >= 0.6 is 0 Å². The van der Waals surface area contributed by atoms with Crippen LogP contribution in [0.4, 0.5) is 5.69 Å². The van der Waals surface area contributed by atoms with Gasteiger partial charge in [0.15, 0.2) is 0 Å². The average Bonchev–Trinajstić information content (AvgIpc) is 2.47. The summed E-state index contributed by atoms with van der Waals surface area (Å²) < 4.78 is 0. The number of aryl methyl sites for hydroxylation is 1. The zero-order valence-corrected chi connectivity index (χ0v) is 13.6. The van der Waals surface area contributed by atoms with Gasteiger partial charge in [-0.05, 0) is 50.9 Å². The molecule has 1 heterocycles. The largest absolute Gasteiger partial charge is 0.326 e. The van der Waals surface area contributed by atoms with Crippen LogP contribution in [0.15, 0.2) is 24.3 Å². The Morgan fingerprint density at radius 3 is 2.81 bits per heavy atom. The highest BCUT2D eigenvalue weighted by atomic mass is 16.1. The number of para-hydroxylation sites is 1. The van der Waals surface area contributed by atoms with Crippen molar-refractivity contribution in [1.82, 2.24) is 4.90 Å². The van der Waals surface area contributed by atoms with E-state index in [1.54, 1.807) is 0 Å². The molecule has 3 heteroatoms. The van der Waals surface area contributed by atoms with Gasteiger partial charge < -0.3 is 10.2 Å². The van der Waals surface area contributed by atoms with E-state index in [0.717, 1.165) is 12.1 Å². The highest BCUT2D eigenvalue weighted by molar-refractivity contribution is 5.92. The summed E-state index contributed by atoms with van der Waals surface area (Å²) in [4.78, 5) is 14.4. The number of nitrogens with zero attached hydrogens (tertiary/aromatic N) is 1. The first-order valence-electron chi connectivity index (χ1n) is 8.17. The summed E-state index contributed by atoms with van der Waals surface area (Å²) in [5, 5.41) is 3.06. The van der Waals surface area contributed by atoms with E-state index in [1.807, 2.05) is 26.0 Å². The van der Waals surface area contributed by atoms with Crippen LogP contribution in [0, 0.1) is 5.92 Å². The first-order valence-corrected chi connectivity index (χ1v) is 8.17. The smallest absolute Gasteiger partial charge is 0.226 e. The molecule has 1 amide bonds. The third kappa shape index (κ3) is 4.57. The quantitative estimate of drug-likeness (QED) is 0.896. The third-order valence-electron chi connectivity index (χ3n) is 4.47. The number of anilines is 1. The van der Waals surface area contributed by atoms with Gasteiger partial charge in [0.05, 0.1) is 0 Å². The Labute approximate surface area is 128 Å². The summed E-state index contributed by atoms with van der Waals surface area (Å²) in [6, 6.07) is 8.89. The summed E-state index contributed by atoms with van der Waals surface area (Å²) in [6.07, 6.45) is 6.18. The van der Waals surface area contributed by atoms with Gasteiger partial charge in [-0.25, -0.2) is 0 Å². The van der Waals surface area contributed by atoms with E-state index in [2.05, 4.69) is 29.4 Å². The predicted octanol–water partition coefficient (Wildman–Crippen LogP) is 3.70. The molecule has 1 fully saturated rings. The standard InChI is InChI=1S/C18H28N2O/c1-14(2)18(21)19-17-10-5-4-8-15(17)11-12-16-9-6-7-13-20(16)3/h4-5,8,10,14,16H,6-7,9,11-13H2,1-3H3,(H,19,21). The molecule has 1 N–H and O–H groups in total. The number of benzene rings is 1. The molecule has 1 aromatic rings. The van der Waals surface area contributed by atoms with Crippen LogP contribution < -0.4 is 5.32 Å².